The summed E-state index contributed by atoms with van der Waals surface area (Å²) in [6.45, 7) is -0.369. The maximum absolute atomic E-state index is 12.1. The Morgan fingerprint density at radius 2 is 2.26 bits per heavy atom. The molecule has 0 saturated heterocycles. The molecule has 1 unspecified atom stereocenters. The van der Waals surface area contributed by atoms with Gasteiger partial charge in [-0.2, -0.15) is 8.78 Å². The number of alkyl halides is 2. The van der Waals surface area contributed by atoms with Gasteiger partial charge < -0.3 is 14.5 Å². The van der Waals surface area contributed by atoms with E-state index in [2.05, 4.69) is 15.0 Å². The lowest BCUT2D eigenvalue weighted by Gasteiger charge is -2.14. The van der Waals surface area contributed by atoms with Crippen molar-refractivity contribution in [2.45, 2.75) is 26.1 Å². The minimum atomic E-state index is -2.81. The van der Waals surface area contributed by atoms with Gasteiger partial charge in [0.15, 0.2) is 6.39 Å². The molecule has 0 aliphatic carbocycles. The Hall–Kier alpha value is -1.95. The summed E-state index contributed by atoms with van der Waals surface area (Å²) in [5.74, 6) is 0.868. The van der Waals surface area contributed by atoms with E-state index in [0.29, 0.717) is 12.3 Å². The van der Waals surface area contributed by atoms with Crippen molar-refractivity contribution in [3.63, 3.8) is 0 Å². The van der Waals surface area contributed by atoms with Crippen molar-refractivity contribution in [1.82, 2.24) is 10.3 Å². The van der Waals surface area contributed by atoms with Crippen molar-refractivity contribution in [2.75, 3.05) is 0 Å². The number of hydrogen-bond acceptors (Lipinski definition) is 4. The number of hydrogen-bond donors (Lipinski definition) is 1. The second-order valence-electron chi connectivity index (χ2n) is 4.02. The fourth-order valence-electron chi connectivity index (χ4n) is 1.66. The van der Waals surface area contributed by atoms with E-state index in [1.165, 1.54) is 12.5 Å². The molecule has 102 valence electrons. The van der Waals surface area contributed by atoms with Gasteiger partial charge in [-0.25, -0.2) is 4.98 Å². The molecular weight excluding hydrogens is 254 g/mol. The van der Waals surface area contributed by atoms with Crippen LogP contribution in [0.5, 0.6) is 5.75 Å². The molecule has 1 atom stereocenters. The lowest BCUT2D eigenvalue weighted by atomic mass is 10.1. The van der Waals surface area contributed by atoms with Gasteiger partial charge in [0.05, 0.1) is 12.7 Å². The Labute approximate surface area is 109 Å². The number of benzene rings is 1. The largest absolute Gasteiger partial charge is 0.447 e. The molecule has 2 aromatic rings. The lowest BCUT2D eigenvalue weighted by molar-refractivity contribution is -0.0499. The zero-order chi connectivity index (χ0) is 13.7. The van der Waals surface area contributed by atoms with E-state index >= 15 is 0 Å². The summed E-state index contributed by atoms with van der Waals surface area (Å²) in [7, 11) is 0. The first-order chi connectivity index (χ1) is 9.15. The zero-order valence-corrected chi connectivity index (χ0v) is 10.3. The van der Waals surface area contributed by atoms with E-state index in [4.69, 9.17) is 4.42 Å². The Morgan fingerprint density at radius 3 is 2.95 bits per heavy atom. The molecule has 0 saturated carbocycles. The van der Waals surface area contributed by atoms with Crippen LogP contribution in [0.4, 0.5) is 8.78 Å². The van der Waals surface area contributed by atoms with Crippen LogP contribution in [0.2, 0.25) is 0 Å². The third-order valence-electron chi connectivity index (χ3n) is 2.65. The second-order valence-corrected chi connectivity index (χ2v) is 4.02. The molecule has 0 amide bonds. The summed E-state index contributed by atoms with van der Waals surface area (Å²) >= 11 is 0. The SMILES string of the molecule is CC(NCc1cnco1)c1cccc(OC(F)F)c1. The second kappa shape index (κ2) is 6.29. The summed E-state index contributed by atoms with van der Waals surface area (Å²) in [6, 6.07) is 6.59. The van der Waals surface area contributed by atoms with Crippen molar-refractivity contribution in [3.8, 4) is 5.75 Å². The summed E-state index contributed by atoms with van der Waals surface area (Å²) < 4.78 is 33.7. The third kappa shape index (κ3) is 4.03. The molecule has 1 aromatic carbocycles. The van der Waals surface area contributed by atoms with Crippen LogP contribution in [-0.4, -0.2) is 11.6 Å². The third-order valence-corrected chi connectivity index (χ3v) is 2.65. The molecule has 4 nitrogen and oxygen atoms in total. The van der Waals surface area contributed by atoms with Gasteiger partial charge in [0, 0.05) is 6.04 Å². The summed E-state index contributed by atoms with van der Waals surface area (Å²) in [6.07, 6.45) is 2.98. The van der Waals surface area contributed by atoms with Gasteiger partial charge in [-0.15, -0.1) is 0 Å². The Kier molecular flexibility index (Phi) is 4.46. The van der Waals surface area contributed by atoms with Crippen molar-refractivity contribution in [2.24, 2.45) is 0 Å². The minimum Gasteiger partial charge on any atom is -0.447 e. The number of ether oxygens (including phenoxy) is 1. The van der Waals surface area contributed by atoms with E-state index in [1.54, 1.807) is 18.3 Å². The molecule has 0 fully saturated rings. The number of oxazole rings is 1. The van der Waals surface area contributed by atoms with Gasteiger partial charge in [-0.05, 0) is 24.6 Å². The normalized spacial score (nSPS) is 12.6. The average Bonchev–Trinajstić information content (AvgIpc) is 2.88. The Bertz CT molecular complexity index is 503. The van der Waals surface area contributed by atoms with Gasteiger partial charge in [-0.1, -0.05) is 12.1 Å². The van der Waals surface area contributed by atoms with Crippen LogP contribution in [-0.2, 0) is 6.54 Å². The molecule has 0 aliphatic rings. The molecule has 6 heteroatoms. The summed E-state index contributed by atoms with van der Waals surface area (Å²) in [5, 5.41) is 3.21. The van der Waals surface area contributed by atoms with Crippen molar-refractivity contribution >= 4 is 0 Å². The predicted octanol–water partition coefficient (Wildman–Crippen LogP) is 3.13. The average molecular weight is 268 g/mol. The molecule has 0 aliphatic heterocycles. The molecule has 19 heavy (non-hydrogen) atoms. The maximum atomic E-state index is 12.1. The monoisotopic (exact) mass is 268 g/mol. The van der Waals surface area contributed by atoms with Crippen LogP contribution in [0.3, 0.4) is 0 Å². The number of rotatable bonds is 6. The molecule has 1 N–H and O–H groups in total. The van der Waals surface area contributed by atoms with E-state index in [1.807, 2.05) is 13.0 Å². The predicted molar refractivity (Wildman–Crippen MR) is 64.8 cm³/mol. The van der Waals surface area contributed by atoms with E-state index in [9.17, 15) is 8.78 Å². The van der Waals surface area contributed by atoms with Crippen LogP contribution >= 0.6 is 0 Å². The maximum Gasteiger partial charge on any atom is 0.387 e. The highest BCUT2D eigenvalue weighted by molar-refractivity contribution is 5.30. The van der Waals surface area contributed by atoms with E-state index in [-0.39, 0.29) is 11.8 Å². The lowest BCUT2D eigenvalue weighted by Crippen LogP contribution is -2.17. The molecule has 2 rings (SSSR count). The summed E-state index contributed by atoms with van der Waals surface area (Å²) in [4.78, 5) is 3.81. The van der Waals surface area contributed by atoms with Crippen molar-refractivity contribution in [3.05, 3.63) is 48.2 Å². The van der Waals surface area contributed by atoms with Gasteiger partial charge >= 0.3 is 6.61 Å². The highest BCUT2D eigenvalue weighted by Gasteiger charge is 2.09. The van der Waals surface area contributed by atoms with Crippen LogP contribution < -0.4 is 10.1 Å². The quantitative estimate of drug-likeness (QED) is 0.874. The van der Waals surface area contributed by atoms with E-state index in [0.717, 1.165) is 5.56 Å². The first-order valence-electron chi connectivity index (χ1n) is 5.80. The highest BCUT2D eigenvalue weighted by Crippen LogP contribution is 2.20. The van der Waals surface area contributed by atoms with Crippen LogP contribution in [0.1, 0.15) is 24.3 Å². The smallest absolute Gasteiger partial charge is 0.387 e. The van der Waals surface area contributed by atoms with Gasteiger partial charge in [0.2, 0.25) is 0 Å². The molecular formula is C13H14F2N2O2. The number of nitrogens with zero attached hydrogens (tertiary/aromatic N) is 1. The number of halogens is 2. The van der Waals surface area contributed by atoms with Crippen molar-refractivity contribution in [1.29, 1.82) is 0 Å². The molecule has 0 radical (unpaired) electrons. The molecule has 0 bridgehead atoms. The standard InChI is InChI=1S/C13H14F2N2O2/c1-9(17-7-12-6-16-8-18-12)10-3-2-4-11(5-10)19-13(14)15/h2-6,8-9,13,17H,7H2,1H3. The fourth-order valence-corrected chi connectivity index (χ4v) is 1.66. The van der Waals surface area contributed by atoms with Gasteiger partial charge in [0.1, 0.15) is 11.5 Å². The highest BCUT2D eigenvalue weighted by atomic mass is 19.3. The van der Waals surface area contributed by atoms with Crippen LogP contribution in [0.15, 0.2) is 41.3 Å². The number of aromatic nitrogens is 1. The molecule has 1 aromatic heterocycles. The first kappa shape index (κ1) is 13.5. The zero-order valence-electron chi connectivity index (χ0n) is 10.3. The van der Waals surface area contributed by atoms with Crippen molar-refractivity contribution < 1.29 is 17.9 Å². The number of nitrogens with one attached hydrogen (secondary N) is 1. The fraction of sp³-hybridized carbons (Fsp3) is 0.308. The van der Waals surface area contributed by atoms with Crippen LogP contribution in [0.25, 0.3) is 0 Å². The Morgan fingerprint density at radius 1 is 1.42 bits per heavy atom. The van der Waals surface area contributed by atoms with Crippen LogP contribution in [0, 0.1) is 0 Å². The minimum absolute atomic E-state index is 0.0219. The summed E-state index contributed by atoms with van der Waals surface area (Å²) in [5.41, 5.74) is 0.859. The topological polar surface area (TPSA) is 47.3 Å². The molecule has 1 heterocycles. The molecule has 0 spiro atoms. The van der Waals surface area contributed by atoms with Gasteiger partial charge in [0.25, 0.3) is 0 Å². The Balaban J connectivity index is 1.96. The van der Waals surface area contributed by atoms with E-state index < -0.39 is 6.61 Å². The first-order valence-corrected chi connectivity index (χ1v) is 5.80. The van der Waals surface area contributed by atoms with Gasteiger partial charge in [-0.3, -0.25) is 0 Å².